The zero-order valence-electron chi connectivity index (χ0n) is 12.4. The highest BCUT2D eigenvalue weighted by Gasteiger charge is 2.28. The number of benzene rings is 2. The summed E-state index contributed by atoms with van der Waals surface area (Å²) in [6, 6.07) is 14.1. The van der Waals surface area contributed by atoms with Gasteiger partial charge in [-0.2, -0.15) is 0 Å². The molecule has 0 heterocycles. The van der Waals surface area contributed by atoms with Gasteiger partial charge < -0.3 is 14.6 Å². The normalized spacial score (nSPS) is 11.0. The highest BCUT2D eigenvalue weighted by molar-refractivity contribution is 6.30. The van der Waals surface area contributed by atoms with Crippen LogP contribution in [0.3, 0.4) is 0 Å². The number of carboxylic acid groups (broad SMARTS) is 1. The number of carboxylic acids is 1. The molecule has 0 radical (unpaired) electrons. The number of halogens is 1. The Labute approximate surface area is 134 Å². The molecule has 0 unspecified atom stereocenters. The Balaban J connectivity index is 1.95. The molecule has 0 saturated heterocycles. The fourth-order valence-electron chi connectivity index (χ4n) is 1.57. The molecule has 0 bridgehead atoms. The smallest absolute Gasteiger partial charge is 0.312 e. The quantitative estimate of drug-likeness (QED) is 0.843. The molecule has 0 spiro atoms. The van der Waals surface area contributed by atoms with Crippen molar-refractivity contribution in [2.24, 2.45) is 5.41 Å². The summed E-state index contributed by atoms with van der Waals surface area (Å²) < 4.78 is 11.2. The molecule has 0 aliphatic rings. The molecule has 0 amide bonds. The zero-order chi connectivity index (χ0) is 16.2. The lowest BCUT2D eigenvalue weighted by molar-refractivity contribution is -0.148. The first-order valence-electron chi connectivity index (χ1n) is 6.76. The van der Waals surface area contributed by atoms with Crippen molar-refractivity contribution in [3.05, 3.63) is 53.6 Å². The third-order valence-electron chi connectivity index (χ3n) is 3.05. The van der Waals surface area contributed by atoms with Crippen LogP contribution in [0.25, 0.3) is 0 Å². The predicted molar refractivity (Wildman–Crippen MR) is 84.9 cm³/mol. The second-order valence-electron chi connectivity index (χ2n) is 5.51. The number of hydrogen-bond donors (Lipinski definition) is 1. The molecular weight excluding hydrogens is 304 g/mol. The van der Waals surface area contributed by atoms with E-state index in [4.69, 9.17) is 26.2 Å². The van der Waals surface area contributed by atoms with Crippen LogP contribution in [0.4, 0.5) is 0 Å². The van der Waals surface area contributed by atoms with Crippen LogP contribution in [0.5, 0.6) is 17.2 Å². The van der Waals surface area contributed by atoms with Crippen molar-refractivity contribution in [3.8, 4) is 17.2 Å². The van der Waals surface area contributed by atoms with E-state index in [2.05, 4.69) is 0 Å². The van der Waals surface area contributed by atoms with E-state index in [-0.39, 0.29) is 6.61 Å². The van der Waals surface area contributed by atoms with Gasteiger partial charge in [-0.1, -0.05) is 11.6 Å². The second-order valence-corrected chi connectivity index (χ2v) is 5.94. The average Bonchev–Trinajstić information content (AvgIpc) is 2.49. The summed E-state index contributed by atoms with van der Waals surface area (Å²) in [6.45, 7) is 3.33. The van der Waals surface area contributed by atoms with E-state index in [0.717, 1.165) is 0 Å². The molecule has 0 aliphatic heterocycles. The summed E-state index contributed by atoms with van der Waals surface area (Å²) in [7, 11) is 0. The molecular formula is C17H17ClO4. The highest BCUT2D eigenvalue weighted by Crippen LogP contribution is 2.26. The molecule has 0 fully saturated rings. The molecule has 2 aromatic carbocycles. The van der Waals surface area contributed by atoms with Gasteiger partial charge in [0.05, 0.1) is 5.41 Å². The van der Waals surface area contributed by atoms with Gasteiger partial charge in [-0.3, -0.25) is 4.79 Å². The van der Waals surface area contributed by atoms with Crippen LogP contribution in [0, 0.1) is 5.41 Å². The van der Waals surface area contributed by atoms with Crippen molar-refractivity contribution >= 4 is 17.6 Å². The van der Waals surface area contributed by atoms with Gasteiger partial charge in [0, 0.05) is 5.02 Å². The predicted octanol–water partition coefficient (Wildman–Crippen LogP) is 4.62. The first kappa shape index (κ1) is 16.2. The number of ether oxygens (including phenoxy) is 2. The van der Waals surface area contributed by atoms with E-state index in [0.29, 0.717) is 22.3 Å². The Hall–Kier alpha value is -2.20. The standard InChI is InChI=1S/C17H17ClO4/c1-17(2,16(19)20)11-21-13-7-9-15(10-8-13)22-14-5-3-12(18)4-6-14/h3-10H,11H2,1-2H3,(H,19,20). The molecule has 22 heavy (non-hydrogen) atoms. The summed E-state index contributed by atoms with van der Waals surface area (Å²) >= 11 is 5.82. The molecule has 1 N–H and O–H groups in total. The molecule has 2 rings (SSSR count). The monoisotopic (exact) mass is 320 g/mol. The summed E-state index contributed by atoms with van der Waals surface area (Å²) in [5.41, 5.74) is -0.932. The van der Waals surface area contributed by atoms with Gasteiger partial charge in [0.2, 0.25) is 0 Å². The van der Waals surface area contributed by atoms with E-state index in [9.17, 15) is 4.79 Å². The number of rotatable bonds is 6. The maximum Gasteiger partial charge on any atom is 0.312 e. The minimum absolute atomic E-state index is 0.0969. The Morgan fingerprint density at radius 2 is 1.45 bits per heavy atom. The van der Waals surface area contributed by atoms with Gasteiger partial charge in [0.25, 0.3) is 0 Å². The lowest BCUT2D eigenvalue weighted by Crippen LogP contribution is -2.30. The lowest BCUT2D eigenvalue weighted by Gasteiger charge is -2.19. The van der Waals surface area contributed by atoms with Crippen LogP contribution in [0.2, 0.25) is 5.02 Å². The van der Waals surface area contributed by atoms with Gasteiger partial charge in [-0.15, -0.1) is 0 Å². The highest BCUT2D eigenvalue weighted by atomic mass is 35.5. The Morgan fingerprint density at radius 3 is 1.95 bits per heavy atom. The van der Waals surface area contributed by atoms with Gasteiger partial charge >= 0.3 is 5.97 Å². The van der Waals surface area contributed by atoms with Gasteiger partial charge in [-0.05, 0) is 62.4 Å². The third kappa shape index (κ3) is 4.40. The van der Waals surface area contributed by atoms with Crippen LogP contribution < -0.4 is 9.47 Å². The fourth-order valence-corrected chi connectivity index (χ4v) is 1.69. The summed E-state index contributed by atoms with van der Waals surface area (Å²) in [5, 5.41) is 9.69. The molecule has 0 aromatic heterocycles. The van der Waals surface area contributed by atoms with Crippen LogP contribution in [-0.2, 0) is 4.79 Å². The van der Waals surface area contributed by atoms with Crippen molar-refractivity contribution in [1.29, 1.82) is 0 Å². The maximum atomic E-state index is 11.0. The van der Waals surface area contributed by atoms with Gasteiger partial charge in [0.1, 0.15) is 23.9 Å². The van der Waals surface area contributed by atoms with Crippen LogP contribution in [0.1, 0.15) is 13.8 Å². The van der Waals surface area contributed by atoms with Crippen molar-refractivity contribution in [2.45, 2.75) is 13.8 Å². The minimum Gasteiger partial charge on any atom is -0.492 e. The van der Waals surface area contributed by atoms with E-state index < -0.39 is 11.4 Å². The maximum absolute atomic E-state index is 11.0. The Kier molecular flexibility index (Phi) is 4.93. The number of hydrogen-bond acceptors (Lipinski definition) is 3. The molecule has 5 heteroatoms. The molecule has 0 atom stereocenters. The minimum atomic E-state index is -0.932. The van der Waals surface area contributed by atoms with Gasteiger partial charge in [-0.25, -0.2) is 0 Å². The molecule has 116 valence electrons. The second kappa shape index (κ2) is 6.71. The fraction of sp³-hybridized carbons (Fsp3) is 0.235. The van der Waals surface area contributed by atoms with Crippen LogP contribution in [-0.4, -0.2) is 17.7 Å². The van der Waals surface area contributed by atoms with Crippen molar-refractivity contribution in [3.63, 3.8) is 0 Å². The van der Waals surface area contributed by atoms with E-state index in [1.165, 1.54) is 0 Å². The first-order valence-corrected chi connectivity index (χ1v) is 7.14. The Morgan fingerprint density at radius 1 is 1.00 bits per heavy atom. The average molecular weight is 321 g/mol. The van der Waals surface area contributed by atoms with Crippen LogP contribution in [0.15, 0.2) is 48.5 Å². The van der Waals surface area contributed by atoms with E-state index >= 15 is 0 Å². The molecule has 0 saturated carbocycles. The number of carbonyl (C=O) groups is 1. The SMILES string of the molecule is CC(C)(COc1ccc(Oc2ccc(Cl)cc2)cc1)C(=O)O. The topological polar surface area (TPSA) is 55.8 Å². The van der Waals surface area contributed by atoms with Crippen molar-refractivity contribution in [1.82, 2.24) is 0 Å². The van der Waals surface area contributed by atoms with E-state index in [1.54, 1.807) is 62.4 Å². The van der Waals surface area contributed by atoms with Gasteiger partial charge in [0.15, 0.2) is 0 Å². The third-order valence-corrected chi connectivity index (χ3v) is 3.30. The zero-order valence-corrected chi connectivity index (χ0v) is 13.1. The largest absolute Gasteiger partial charge is 0.492 e. The Bertz CT molecular complexity index is 633. The van der Waals surface area contributed by atoms with Crippen molar-refractivity contribution < 1.29 is 19.4 Å². The molecule has 0 aliphatic carbocycles. The summed E-state index contributed by atoms with van der Waals surface area (Å²) in [5.74, 6) is 1.05. The number of aliphatic carboxylic acids is 1. The molecule has 4 nitrogen and oxygen atoms in total. The van der Waals surface area contributed by atoms with Crippen LogP contribution >= 0.6 is 11.6 Å². The first-order chi connectivity index (χ1) is 10.4. The lowest BCUT2D eigenvalue weighted by atomic mass is 9.95. The molecule has 2 aromatic rings. The van der Waals surface area contributed by atoms with E-state index in [1.807, 2.05) is 0 Å². The van der Waals surface area contributed by atoms with Crippen molar-refractivity contribution in [2.75, 3.05) is 6.61 Å². The summed E-state index contributed by atoms with van der Waals surface area (Å²) in [6.07, 6.45) is 0. The summed E-state index contributed by atoms with van der Waals surface area (Å²) in [4.78, 5) is 11.0.